The second kappa shape index (κ2) is 11.9. The molecule has 1 aromatic carbocycles. The lowest BCUT2D eigenvalue weighted by Gasteiger charge is -2.60. The Morgan fingerprint density at radius 3 is 2.00 bits per heavy atom. The monoisotopic (exact) mass is 651 g/mol. The van der Waals surface area contributed by atoms with E-state index in [0.717, 1.165) is 5.56 Å². The van der Waals surface area contributed by atoms with Crippen LogP contribution in [-0.2, 0) is 42.9 Å². The van der Waals surface area contributed by atoms with Crippen molar-refractivity contribution in [1.82, 2.24) is 4.90 Å². The molecule has 10 atom stereocenters. The summed E-state index contributed by atoms with van der Waals surface area (Å²) in [6.07, 6.45) is -2.79. The Labute approximate surface area is 277 Å². The summed E-state index contributed by atoms with van der Waals surface area (Å²) in [4.78, 5) is 68.3. The molecule has 4 aliphatic rings. The Morgan fingerprint density at radius 2 is 1.45 bits per heavy atom. The van der Waals surface area contributed by atoms with Crippen molar-refractivity contribution in [2.75, 3.05) is 14.1 Å². The number of fused-ring (bicyclic) bond motifs is 1. The first kappa shape index (κ1) is 34.8. The molecular weight excluding hydrogens is 602 g/mol. The highest BCUT2D eigenvalue weighted by molar-refractivity contribution is 5.86. The summed E-state index contributed by atoms with van der Waals surface area (Å²) < 4.78 is 24.9. The van der Waals surface area contributed by atoms with Gasteiger partial charge < -0.3 is 23.8 Å². The average Bonchev–Trinajstić information content (AvgIpc) is 3.22. The summed E-state index contributed by atoms with van der Waals surface area (Å²) in [5.41, 5.74) is -2.82. The van der Waals surface area contributed by atoms with Crippen LogP contribution in [0.2, 0.25) is 0 Å². The Kier molecular flexibility index (Phi) is 8.78. The predicted octanol–water partition coefficient (Wildman–Crippen LogP) is 4.99. The number of hydrogen-bond donors (Lipinski definition) is 0. The number of benzene rings is 1. The van der Waals surface area contributed by atoms with Crippen LogP contribution in [0, 0.1) is 33.5 Å². The molecular formula is C37H49NO9. The fourth-order valence-electron chi connectivity index (χ4n) is 10.9. The van der Waals surface area contributed by atoms with E-state index in [2.05, 4.69) is 6.58 Å². The maximum absolute atomic E-state index is 14.0. The SMILES string of the molecule is C=C1[C@@H](OC(=O)CC(c2ccccc2)N(C)C)CC[C@@]2(C)[C@@H](OC(C)=O)[C@H](OC(C)=O)[C@@]34[C@H](C)C(=O)C[C@@H]([C@@H](OC(C)=O)[C@]132)C4(C)C. The largest absolute Gasteiger partial charge is 0.461 e. The Balaban J connectivity index is 1.69. The molecule has 4 fully saturated rings. The number of rotatable bonds is 8. The second-order valence-corrected chi connectivity index (χ2v) is 15.0. The van der Waals surface area contributed by atoms with Crippen molar-refractivity contribution in [2.45, 2.75) is 105 Å². The van der Waals surface area contributed by atoms with Crippen molar-refractivity contribution < 1.29 is 42.9 Å². The van der Waals surface area contributed by atoms with E-state index < -0.39 is 81.8 Å². The van der Waals surface area contributed by atoms with Crippen molar-refractivity contribution in [2.24, 2.45) is 33.5 Å². The number of hydrogen-bond acceptors (Lipinski definition) is 10. The minimum Gasteiger partial charge on any atom is -0.461 e. The van der Waals surface area contributed by atoms with Gasteiger partial charge in [-0.15, -0.1) is 0 Å². The number of carbonyl (C=O) groups is 5. The number of ketones is 1. The van der Waals surface area contributed by atoms with E-state index in [9.17, 15) is 24.0 Å². The molecule has 2 bridgehead atoms. The van der Waals surface area contributed by atoms with Gasteiger partial charge in [0.25, 0.3) is 0 Å². The van der Waals surface area contributed by atoms with E-state index in [4.69, 9.17) is 18.9 Å². The van der Waals surface area contributed by atoms with Crippen LogP contribution in [0.1, 0.15) is 85.8 Å². The molecule has 4 aliphatic carbocycles. The van der Waals surface area contributed by atoms with Crippen LogP contribution in [-0.4, -0.2) is 73.1 Å². The summed E-state index contributed by atoms with van der Waals surface area (Å²) >= 11 is 0. The Hall–Kier alpha value is -3.53. The zero-order valence-electron chi connectivity index (χ0n) is 29.1. The van der Waals surface area contributed by atoms with Gasteiger partial charge in [0.1, 0.15) is 30.2 Å². The minimum absolute atomic E-state index is 0.0602. The van der Waals surface area contributed by atoms with E-state index in [1.165, 1.54) is 20.8 Å². The van der Waals surface area contributed by atoms with Gasteiger partial charge in [0, 0.05) is 55.9 Å². The van der Waals surface area contributed by atoms with Crippen LogP contribution in [0.25, 0.3) is 0 Å². The summed E-state index contributed by atoms with van der Waals surface area (Å²) in [7, 11) is 3.81. The fraction of sp³-hybridized carbons (Fsp3) is 0.649. The van der Waals surface area contributed by atoms with E-state index in [1.807, 2.05) is 77.0 Å². The van der Waals surface area contributed by atoms with E-state index in [-0.39, 0.29) is 24.7 Å². The van der Waals surface area contributed by atoms with Gasteiger partial charge in [-0.1, -0.05) is 64.6 Å². The maximum Gasteiger partial charge on any atom is 0.308 e. The van der Waals surface area contributed by atoms with Gasteiger partial charge in [0.05, 0.1) is 11.8 Å². The lowest BCUT2D eigenvalue weighted by molar-refractivity contribution is -0.194. The van der Waals surface area contributed by atoms with Crippen molar-refractivity contribution in [3.8, 4) is 0 Å². The highest BCUT2D eigenvalue weighted by atomic mass is 16.6. The topological polar surface area (TPSA) is 126 Å². The molecule has 0 heterocycles. The first-order chi connectivity index (χ1) is 21.9. The molecule has 256 valence electrons. The number of carbonyl (C=O) groups excluding carboxylic acids is 5. The summed E-state index contributed by atoms with van der Waals surface area (Å²) in [6.45, 7) is 16.4. The number of esters is 4. The van der Waals surface area contributed by atoms with Crippen LogP contribution >= 0.6 is 0 Å². The van der Waals surface area contributed by atoms with Gasteiger partial charge in [-0.3, -0.25) is 24.0 Å². The third-order valence-corrected chi connectivity index (χ3v) is 12.4. The molecule has 1 aromatic rings. The van der Waals surface area contributed by atoms with Crippen molar-refractivity contribution in [3.63, 3.8) is 0 Å². The quantitative estimate of drug-likeness (QED) is 0.216. The second-order valence-electron chi connectivity index (χ2n) is 15.0. The standard InChI is InChI=1S/C37H49NO9/c1-20-28(42)18-26-31(44-22(3)39)37-21(2)29(47-30(43)19-27(38(9)10)25-14-12-11-13-15-25)16-17-35(37,8)32(45-23(4)40)33(46-24(5)41)36(20,37)34(26,6)7/h11-15,20,26-27,29,31-33H,2,16-19H2,1,3-10H3/t20-,26+,27?,29+,31-,32+,33+,35+,36-,37+/m1/s1. The minimum atomic E-state index is -1.27. The Morgan fingerprint density at radius 1 is 0.894 bits per heavy atom. The normalized spacial score (nSPS) is 37.4. The van der Waals surface area contributed by atoms with Gasteiger partial charge >= 0.3 is 23.9 Å². The molecule has 0 N–H and O–H groups in total. The third-order valence-electron chi connectivity index (χ3n) is 12.4. The van der Waals surface area contributed by atoms with Crippen molar-refractivity contribution in [1.29, 1.82) is 0 Å². The summed E-state index contributed by atoms with van der Waals surface area (Å²) in [6, 6.07) is 9.48. The maximum atomic E-state index is 14.0. The van der Waals surface area contributed by atoms with E-state index >= 15 is 0 Å². The first-order valence-electron chi connectivity index (χ1n) is 16.5. The van der Waals surface area contributed by atoms with Crippen LogP contribution in [0.4, 0.5) is 0 Å². The fourth-order valence-corrected chi connectivity index (χ4v) is 10.9. The van der Waals surface area contributed by atoms with Crippen LogP contribution in [0.5, 0.6) is 0 Å². The van der Waals surface area contributed by atoms with Crippen molar-refractivity contribution in [3.05, 3.63) is 48.0 Å². The molecule has 0 amide bonds. The highest BCUT2D eigenvalue weighted by Crippen LogP contribution is 2.86. The van der Waals surface area contributed by atoms with Crippen LogP contribution < -0.4 is 0 Å². The lowest BCUT2D eigenvalue weighted by Crippen LogP contribution is -2.63. The molecule has 2 spiro atoms. The third kappa shape index (κ3) is 4.71. The van der Waals surface area contributed by atoms with Gasteiger partial charge in [0.2, 0.25) is 0 Å². The molecule has 10 nitrogen and oxygen atoms in total. The summed E-state index contributed by atoms with van der Waals surface area (Å²) in [5, 5.41) is 0. The number of nitrogens with zero attached hydrogens (tertiary/aromatic N) is 1. The molecule has 0 aliphatic heterocycles. The molecule has 0 radical (unpaired) electrons. The van der Waals surface area contributed by atoms with Gasteiger partial charge in [0.15, 0.2) is 0 Å². The molecule has 0 aromatic heterocycles. The first-order valence-corrected chi connectivity index (χ1v) is 16.5. The number of ether oxygens (including phenoxy) is 4. The average molecular weight is 652 g/mol. The van der Waals surface area contributed by atoms with Crippen molar-refractivity contribution >= 4 is 29.7 Å². The van der Waals surface area contributed by atoms with Crippen LogP contribution in [0.3, 0.4) is 0 Å². The van der Waals surface area contributed by atoms with E-state index in [0.29, 0.717) is 18.4 Å². The smallest absolute Gasteiger partial charge is 0.308 e. The van der Waals surface area contributed by atoms with Gasteiger partial charge in [-0.25, -0.2) is 0 Å². The molecule has 10 heteroatoms. The van der Waals surface area contributed by atoms with Gasteiger partial charge in [-0.05, 0) is 43.5 Å². The zero-order chi connectivity index (χ0) is 34.9. The zero-order valence-corrected chi connectivity index (χ0v) is 29.1. The van der Waals surface area contributed by atoms with E-state index in [1.54, 1.807) is 0 Å². The van der Waals surface area contributed by atoms with Crippen LogP contribution in [0.15, 0.2) is 42.5 Å². The predicted molar refractivity (Wildman–Crippen MR) is 171 cm³/mol. The lowest BCUT2D eigenvalue weighted by atomic mass is 9.42. The molecule has 47 heavy (non-hydrogen) atoms. The highest BCUT2D eigenvalue weighted by Gasteiger charge is 2.92. The Bertz CT molecular complexity index is 1490. The molecule has 5 rings (SSSR count). The molecule has 0 saturated heterocycles. The molecule has 4 saturated carbocycles. The summed E-state index contributed by atoms with van der Waals surface area (Å²) in [5.74, 6) is -3.34. The number of Topliss-reactive ketones (excluding diaryl/α,β-unsaturated/α-hetero) is 1. The molecule has 1 unspecified atom stereocenters. The van der Waals surface area contributed by atoms with Gasteiger partial charge in [-0.2, -0.15) is 0 Å².